The maximum absolute atomic E-state index is 12.0. The first-order chi connectivity index (χ1) is 8.41. The lowest BCUT2D eigenvalue weighted by molar-refractivity contribution is -0.138. The Bertz CT molecular complexity index is 476. The summed E-state index contributed by atoms with van der Waals surface area (Å²) in [5, 5.41) is 8.60. The fraction of sp³-hybridized carbons (Fsp3) is 0.200. The molecule has 0 aromatic carbocycles. The molecule has 1 aromatic heterocycles. The van der Waals surface area contributed by atoms with E-state index >= 15 is 0 Å². The van der Waals surface area contributed by atoms with Crippen LogP contribution >= 0.6 is 11.6 Å². The molecule has 2 amide bonds. The Kier molecular flexibility index (Phi) is 4.61. The lowest BCUT2D eigenvalue weighted by Gasteiger charge is -2.19. The average molecular weight is 272 g/mol. The molecule has 0 radical (unpaired) electrons. The second kappa shape index (κ2) is 5.97. The Hall–Kier alpha value is -2.15. The van der Waals surface area contributed by atoms with E-state index < -0.39 is 30.9 Å². The van der Waals surface area contributed by atoms with Gasteiger partial charge in [-0.3, -0.25) is 14.4 Å². The van der Waals surface area contributed by atoms with Crippen LogP contribution in [0.2, 0.25) is 5.15 Å². The van der Waals surface area contributed by atoms with Crippen LogP contribution in [0.1, 0.15) is 10.4 Å². The van der Waals surface area contributed by atoms with Crippen LogP contribution in [-0.4, -0.2) is 45.9 Å². The van der Waals surface area contributed by atoms with E-state index in [4.69, 9.17) is 22.4 Å². The Morgan fingerprint density at radius 3 is 2.56 bits per heavy atom. The number of primary amides is 1. The number of carbonyl (C=O) groups is 3. The van der Waals surface area contributed by atoms with Gasteiger partial charge in [-0.2, -0.15) is 0 Å². The second-order valence-corrected chi connectivity index (χ2v) is 3.72. The van der Waals surface area contributed by atoms with Crippen molar-refractivity contribution in [2.45, 2.75) is 0 Å². The lowest BCUT2D eigenvalue weighted by Crippen LogP contribution is -2.41. The summed E-state index contributed by atoms with van der Waals surface area (Å²) < 4.78 is 0. The topological polar surface area (TPSA) is 114 Å². The lowest BCUT2D eigenvalue weighted by atomic mass is 10.2. The molecule has 8 heteroatoms. The van der Waals surface area contributed by atoms with Crippen LogP contribution in [0, 0.1) is 0 Å². The molecule has 0 unspecified atom stereocenters. The van der Waals surface area contributed by atoms with Gasteiger partial charge in [-0.1, -0.05) is 11.6 Å². The van der Waals surface area contributed by atoms with Crippen molar-refractivity contribution in [2.75, 3.05) is 13.1 Å². The van der Waals surface area contributed by atoms with E-state index in [1.54, 1.807) is 0 Å². The molecule has 3 N–H and O–H groups in total. The first-order valence-corrected chi connectivity index (χ1v) is 5.19. The Labute approximate surface area is 107 Å². The van der Waals surface area contributed by atoms with Crippen molar-refractivity contribution in [2.24, 2.45) is 5.73 Å². The van der Waals surface area contributed by atoms with Gasteiger partial charge in [0.15, 0.2) is 0 Å². The van der Waals surface area contributed by atoms with Crippen LogP contribution in [-0.2, 0) is 9.59 Å². The van der Waals surface area contributed by atoms with Gasteiger partial charge in [0.05, 0.1) is 5.56 Å². The molecule has 0 bridgehead atoms. The number of nitrogens with two attached hydrogens (primary N) is 1. The number of hydrogen-bond acceptors (Lipinski definition) is 4. The number of aliphatic carboxylic acids is 1. The van der Waals surface area contributed by atoms with Crippen LogP contribution in [0.4, 0.5) is 0 Å². The van der Waals surface area contributed by atoms with Crippen molar-refractivity contribution < 1.29 is 19.5 Å². The summed E-state index contributed by atoms with van der Waals surface area (Å²) in [5.74, 6) is -2.79. The number of rotatable bonds is 5. The number of halogens is 1. The van der Waals surface area contributed by atoms with E-state index in [1.807, 2.05) is 0 Å². The number of carbonyl (C=O) groups excluding carboxylic acids is 2. The van der Waals surface area contributed by atoms with Crippen LogP contribution in [0.5, 0.6) is 0 Å². The zero-order chi connectivity index (χ0) is 13.7. The molecule has 1 rings (SSSR count). The normalized spacial score (nSPS) is 9.83. The van der Waals surface area contributed by atoms with Crippen molar-refractivity contribution in [3.05, 3.63) is 29.0 Å². The van der Waals surface area contributed by atoms with Gasteiger partial charge in [0.25, 0.3) is 5.91 Å². The van der Waals surface area contributed by atoms with E-state index in [2.05, 4.69) is 4.98 Å². The summed E-state index contributed by atoms with van der Waals surface area (Å²) in [5.41, 5.74) is 4.96. The summed E-state index contributed by atoms with van der Waals surface area (Å²) >= 11 is 5.71. The summed E-state index contributed by atoms with van der Waals surface area (Å²) in [4.78, 5) is 37.9. The molecule has 1 heterocycles. The molecule has 96 valence electrons. The van der Waals surface area contributed by atoms with Gasteiger partial charge in [0.1, 0.15) is 18.2 Å². The van der Waals surface area contributed by atoms with E-state index in [0.717, 1.165) is 4.90 Å². The molecule has 0 aliphatic rings. The third-order valence-electron chi connectivity index (χ3n) is 1.95. The molecule has 0 aliphatic heterocycles. The predicted molar refractivity (Wildman–Crippen MR) is 62.0 cm³/mol. The predicted octanol–water partition coefficient (Wildman–Crippen LogP) is -0.253. The molecule has 0 saturated heterocycles. The van der Waals surface area contributed by atoms with Crippen molar-refractivity contribution in [3.63, 3.8) is 0 Å². The van der Waals surface area contributed by atoms with E-state index in [-0.39, 0.29) is 10.7 Å². The molecule has 18 heavy (non-hydrogen) atoms. The molecule has 0 spiro atoms. The number of hydrogen-bond donors (Lipinski definition) is 2. The fourth-order valence-corrected chi connectivity index (χ4v) is 1.47. The smallest absolute Gasteiger partial charge is 0.323 e. The highest BCUT2D eigenvalue weighted by atomic mass is 35.5. The van der Waals surface area contributed by atoms with Crippen LogP contribution in [0.25, 0.3) is 0 Å². The Balaban J connectivity index is 2.98. The van der Waals surface area contributed by atoms with Gasteiger partial charge in [-0.25, -0.2) is 4.98 Å². The maximum atomic E-state index is 12.0. The van der Waals surface area contributed by atoms with Crippen molar-refractivity contribution in [3.8, 4) is 0 Å². The minimum atomic E-state index is -1.26. The van der Waals surface area contributed by atoms with E-state index in [9.17, 15) is 14.4 Å². The zero-order valence-corrected chi connectivity index (χ0v) is 9.92. The molecule has 0 saturated carbocycles. The summed E-state index contributed by atoms with van der Waals surface area (Å²) in [6.07, 6.45) is 1.38. The highest BCUT2D eigenvalue weighted by molar-refractivity contribution is 6.32. The van der Waals surface area contributed by atoms with E-state index in [0.29, 0.717) is 0 Å². The zero-order valence-electron chi connectivity index (χ0n) is 9.17. The number of nitrogens with zero attached hydrogens (tertiary/aromatic N) is 2. The highest BCUT2D eigenvalue weighted by Gasteiger charge is 2.22. The van der Waals surface area contributed by atoms with Crippen LogP contribution in [0.15, 0.2) is 18.3 Å². The Morgan fingerprint density at radius 1 is 1.39 bits per heavy atom. The number of aromatic nitrogens is 1. The molecule has 0 atom stereocenters. The molecular formula is C10H10ClN3O4. The van der Waals surface area contributed by atoms with Gasteiger partial charge in [-0.15, -0.1) is 0 Å². The molecular weight excluding hydrogens is 262 g/mol. The SMILES string of the molecule is NC(=O)CN(CC(=O)O)C(=O)c1cccnc1Cl. The van der Waals surface area contributed by atoms with Crippen molar-refractivity contribution in [1.29, 1.82) is 0 Å². The minimum Gasteiger partial charge on any atom is -0.480 e. The van der Waals surface area contributed by atoms with Gasteiger partial charge in [0.2, 0.25) is 5.91 Å². The van der Waals surface area contributed by atoms with Crippen LogP contribution in [0.3, 0.4) is 0 Å². The van der Waals surface area contributed by atoms with Crippen molar-refractivity contribution in [1.82, 2.24) is 9.88 Å². The summed E-state index contributed by atoms with van der Waals surface area (Å²) in [6.45, 7) is -1.15. The molecule has 7 nitrogen and oxygen atoms in total. The molecule has 0 fully saturated rings. The summed E-state index contributed by atoms with van der Waals surface area (Å²) in [6, 6.07) is 2.86. The first kappa shape index (κ1) is 13.9. The average Bonchev–Trinajstić information content (AvgIpc) is 2.26. The summed E-state index contributed by atoms with van der Waals surface area (Å²) in [7, 11) is 0. The van der Waals surface area contributed by atoms with Gasteiger partial charge < -0.3 is 15.7 Å². The molecule has 1 aromatic rings. The Morgan fingerprint density at radius 2 is 2.06 bits per heavy atom. The van der Waals surface area contributed by atoms with Crippen molar-refractivity contribution >= 4 is 29.4 Å². The third kappa shape index (κ3) is 3.70. The van der Waals surface area contributed by atoms with Gasteiger partial charge in [-0.05, 0) is 12.1 Å². The monoisotopic (exact) mass is 271 g/mol. The maximum Gasteiger partial charge on any atom is 0.323 e. The fourth-order valence-electron chi connectivity index (χ4n) is 1.27. The molecule has 0 aliphatic carbocycles. The standard InChI is InChI=1S/C10H10ClN3O4/c11-9-6(2-1-3-13-9)10(18)14(4-7(12)15)5-8(16)17/h1-3H,4-5H2,(H2,12,15)(H,16,17). The number of carboxylic acids is 1. The number of pyridine rings is 1. The second-order valence-electron chi connectivity index (χ2n) is 3.36. The largest absolute Gasteiger partial charge is 0.480 e. The first-order valence-electron chi connectivity index (χ1n) is 4.81. The van der Waals surface area contributed by atoms with Crippen LogP contribution < -0.4 is 5.73 Å². The number of carboxylic acid groups (broad SMARTS) is 1. The quantitative estimate of drug-likeness (QED) is 0.717. The highest BCUT2D eigenvalue weighted by Crippen LogP contribution is 2.14. The third-order valence-corrected chi connectivity index (χ3v) is 2.25. The van der Waals surface area contributed by atoms with E-state index in [1.165, 1.54) is 18.3 Å². The van der Waals surface area contributed by atoms with Gasteiger partial charge >= 0.3 is 5.97 Å². The van der Waals surface area contributed by atoms with Gasteiger partial charge in [0, 0.05) is 6.20 Å². The minimum absolute atomic E-state index is 0.0154. The number of amides is 2.